The fourth-order valence-electron chi connectivity index (χ4n) is 5.15. The molecule has 2 atom stereocenters. The zero-order chi connectivity index (χ0) is 29.1. The van der Waals surface area contributed by atoms with E-state index in [0.717, 1.165) is 27.5 Å². The minimum atomic E-state index is -5.23. The van der Waals surface area contributed by atoms with Crippen LogP contribution in [0.1, 0.15) is 40.9 Å². The molecule has 1 aliphatic carbocycles. The van der Waals surface area contributed by atoms with E-state index in [1.54, 1.807) is 29.7 Å². The molecule has 1 saturated carbocycles. The number of aryl methyl sites for hydroxylation is 1. The fourth-order valence-corrected chi connectivity index (χ4v) is 5.15. The maximum atomic E-state index is 13.2. The van der Waals surface area contributed by atoms with E-state index in [0.29, 0.717) is 42.6 Å². The highest BCUT2D eigenvalue weighted by molar-refractivity contribution is 6.07. The molecule has 8 nitrogen and oxygen atoms in total. The smallest absolute Gasteiger partial charge is 0.489 e. The molecule has 0 radical (unpaired) electrons. The number of benzene rings is 3. The molecule has 1 fully saturated rings. The van der Waals surface area contributed by atoms with Crippen molar-refractivity contribution in [1.29, 1.82) is 0 Å². The largest absolute Gasteiger partial charge is 0.493 e. The van der Waals surface area contributed by atoms with Crippen molar-refractivity contribution in [3.05, 3.63) is 83.6 Å². The first-order valence-electron chi connectivity index (χ1n) is 13.0. The Balaban J connectivity index is 1.27. The van der Waals surface area contributed by atoms with Crippen LogP contribution in [0.4, 0.5) is 13.2 Å². The molecule has 0 spiro atoms. The van der Waals surface area contributed by atoms with Crippen LogP contribution in [-0.4, -0.2) is 35.0 Å². The number of hydrogen-bond donors (Lipinski definition) is 2. The van der Waals surface area contributed by atoms with E-state index in [9.17, 15) is 27.6 Å². The molecule has 11 heteroatoms. The molecule has 1 heterocycles. The monoisotopic (exact) mass is 565 g/mol. The number of carbonyl (C=O) groups excluding carboxylic acids is 3. The summed E-state index contributed by atoms with van der Waals surface area (Å²) in [5.41, 5.74) is 4.73. The number of halogens is 3. The summed E-state index contributed by atoms with van der Waals surface area (Å²) in [6, 6.07) is 19.8. The van der Waals surface area contributed by atoms with E-state index in [4.69, 9.17) is 4.74 Å². The molecule has 2 amide bonds. The van der Waals surface area contributed by atoms with Crippen LogP contribution >= 0.6 is 0 Å². The SMILES string of the molecule is Cc1cc(COc2ccc3c(C(=O)NC4CCCC4C(=O)NOC(=O)C(F)(F)F)cccc3c2)c2ccccc2n1. The van der Waals surface area contributed by atoms with Gasteiger partial charge in [0.15, 0.2) is 0 Å². The predicted molar refractivity (Wildman–Crippen MR) is 144 cm³/mol. The van der Waals surface area contributed by atoms with Crippen LogP contribution in [0.15, 0.2) is 66.7 Å². The Hall–Kier alpha value is -4.67. The van der Waals surface area contributed by atoms with Crippen molar-refractivity contribution in [2.24, 2.45) is 5.92 Å². The number of nitrogens with zero attached hydrogens (tertiary/aromatic N) is 1. The number of para-hydroxylation sites is 1. The van der Waals surface area contributed by atoms with Crippen molar-refractivity contribution in [2.75, 3.05) is 0 Å². The van der Waals surface area contributed by atoms with Gasteiger partial charge in [0.2, 0.25) is 0 Å². The summed E-state index contributed by atoms with van der Waals surface area (Å²) in [4.78, 5) is 44.9. The van der Waals surface area contributed by atoms with E-state index in [1.165, 1.54) is 0 Å². The lowest BCUT2D eigenvalue weighted by Gasteiger charge is -2.21. The summed E-state index contributed by atoms with van der Waals surface area (Å²) < 4.78 is 43.2. The molecule has 0 aliphatic heterocycles. The van der Waals surface area contributed by atoms with Crippen LogP contribution in [-0.2, 0) is 21.0 Å². The highest BCUT2D eigenvalue weighted by Crippen LogP contribution is 2.29. The number of rotatable bonds is 6. The minimum absolute atomic E-state index is 0.322. The summed E-state index contributed by atoms with van der Waals surface area (Å²) >= 11 is 0. The van der Waals surface area contributed by atoms with Crippen molar-refractivity contribution in [1.82, 2.24) is 15.8 Å². The highest BCUT2D eigenvalue weighted by atomic mass is 19.4. The number of fused-ring (bicyclic) bond motifs is 2. The third-order valence-electron chi connectivity index (χ3n) is 7.07. The van der Waals surface area contributed by atoms with Gasteiger partial charge in [-0.25, -0.2) is 4.79 Å². The summed E-state index contributed by atoms with van der Waals surface area (Å²) in [5, 5.41) is 5.27. The van der Waals surface area contributed by atoms with Gasteiger partial charge in [-0.15, -0.1) is 0 Å². The second kappa shape index (κ2) is 11.4. The van der Waals surface area contributed by atoms with Gasteiger partial charge >= 0.3 is 12.1 Å². The Kier molecular flexibility index (Phi) is 7.78. The molecule has 212 valence electrons. The summed E-state index contributed by atoms with van der Waals surface area (Å²) in [6.07, 6.45) is -3.90. The molecule has 4 aromatic rings. The molecular formula is C30H26F3N3O5. The lowest BCUT2D eigenvalue weighted by atomic mass is 10.0. The molecule has 1 aromatic heterocycles. The normalized spacial score (nSPS) is 16.9. The molecular weight excluding hydrogens is 539 g/mol. The van der Waals surface area contributed by atoms with Gasteiger partial charge in [0, 0.05) is 28.2 Å². The second-order valence-electron chi connectivity index (χ2n) is 9.89. The zero-order valence-corrected chi connectivity index (χ0v) is 22.0. The first-order chi connectivity index (χ1) is 19.6. The van der Waals surface area contributed by atoms with Gasteiger partial charge in [-0.1, -0.05) is 36.8 Å². The number of hydrogen-bond acceptors (Lipinski definition) is 6. The quantitative estimate of drug-likeness (QED) is 0.307. The average molecular weight is 566 g/mol. The van der Waals surface area contributed by atoms with Crippen molar-refractivity contribution in [3.8, 4) is 5.75 Å². The van der Waals surface area contributed by atoms with Crippen molar-refractivity contribution in [2.45, 2.75) is 45.0 Å². The number of ether oxygens (including phenoxy) is 1. The van der Waals surface area contributed by atoms with Gasteiger partial charge in [0.05, 0.1) is 11.4 Å². The van der Waals surface area contributed by atoms with Crippen LogP contribution < -0.4 is 15.5 Å². The first-order valence-corrected chi connectivity index (χ1v) is 13.0. The summed E-state index contributed by atoms with van der Waals surface area (Å²) in [6.45, 7) is 2.26. The van der Waals surface area contributed by atoms with Crippen molar-refractivity contribution >= 4 is 39.5 Å². The van der Waals surface area contributed by atoms with Gasteiger partial charge in [0.25, 0.3) is 11.8 Å². The van der Waals surface area contributed by atoms with Gasteiger partial charge < -0.3 is 14.9 Å². The van der Waals surface area contributed by atoms with Crippen LogP contribution in [0, 0.1) is 12.8 Å². The molecule has 2 N–H and O–H groups in total. The van der Waals surface area contributed by atoms with E-state index in [2.05, 4.69) is 15.1 Å². The van der Waals surface area contributed by atoms with Crippen LogP contribution in [0.2, 0.25) is 0 Å². The van der Waals surface area contributed by atoms with E-state index < -0.39 is 35.9 Å². The predicted octanol–water partition coefficient (Wildman–Crippen LogP) is 5.31. The Morgan fingerprint density at radius 2 is 1.78 bits per heavy atom. The number of nitrogens with one attached hydrogen (secondary N) is 2. The fraction of sp³-hybridized carbons (Fsp3) is 0.267. The van der Waals surface area contributed by atoms with Crippen molar-refractivity contribution < 1.29 is 37.1 Å². The van der Waals surface area contributed by atoms with Gasteiger partial charge in [-0.05, 0) is 66.9 Å². The minimum Gasteiger partial charge on any atom is -0.489 e. The molecule has 41 heavy (non-hydrogen) atoms. The van der Waals surface area contributed by atoms with E-state index in [1.807, 2.05) is 49.4 Å². The number of alkyl halides is 3. The number of carbonyl (C=O) groups is 3. The lowest BCUT2D eigenvalue weighted by Crippen LogP contribution is -2.45. The van der Waals surface area contributed by atoms with E-state index in [-0.39, 0.29) is 0 Å². The number of pyridine rings is 1. The first kappa shape index (κ1) is 27.9. The Bertz CT molecular complexity index is 1640. The standard InChI is InChI=1S/C30H26F3N3O5/c1-17-14-19(22-7-2-3-10-25(22)34-17)16-40-20-12-13-21-18(15-20)6-4-8-23(21)27(37)35-26-11-5-9-24(26)28(38)36-41-29(39)30(31,32)33/h2-4,6-8,10,12-15,24,26H,5,9,11,16H2,1H3,(H,35,37)(H,36,38). The zero-order valence-electron chi connectivity index (χ0n) is 22.0. The lowest BCUT2D eigenvalue weighted by molar-refractivity contribution is -0.208. The average Bonchev–Trinajstić information content (AvgIpc) is 3.41. The van der Waals surface area contributed by atoms with Gasteiger partial charge in [-0.2, -0.15) is 18.7 Å². The highest BCUT2D eigenvalue weighted by Gasteiger charge is 2.43. The van der Waals surface area contributed by atoms with Crippen LogP contribution in [0.3, 0.4) is 0 Å². The maximum Gasteiger partial charge on any atom is 0.493 e. The number of amides is 2. The Labute approximate surface area is 232 Å². The van der Waals surface area contributed by atoms with Crippen LogP contribution in [0.5, 0.6) is 5.75 Å². The summed E-state index contributed by atoms with van der Waals surface area (Å²) in [7, 11) is 0. The third-order valence-corrected chi connectivity index (χ3v) is 7.07. The summed E-state index contributed by atoms with van der Waals surface area (Å²) in [5.74, 6) is -4.08. The third kappa shape index (κ3) is 6.24. The van der Waals surface area contributed by atoms with Crippen molar-refractivity contribution in [3.63, 3.8) is 0 Å². The van der Waals surface area contributed by atoms with Gasteiger partial charge in [0.1, 0.15) is 12.4 Å². The molecule has 1 aliphatic rings. The number of aromatic nitrogens is 1. The van der Waals surface area contributed by atoms with Crippen LogP contribution in [0.25, 0.3) is 21.7 Å². The Morgan fingerprint density at radius 1 is 0.976 bits per heavy atom. The second-order valence-corrected chi connectivity index (χ2v) is 9.89. The number of hydroxylamine groups is 1. The Morgan fingerprint density at radius 3 is 2.59 bits per heavy atom. The maximum absolute atomic E-state index is 13.2. The van der Waals surface area contributed by atoms with E-state index >= 15 is 0 Å². The topological polar surface area (TPSA) is 107 Å². The molecule has 0 bridgehead atoms. The molecule has 3 aromatic carbocycles. The molecule has 0 saturated heterocycles. The van der Waals surface area contributed by atoms with Gasteiger partial charge in [-0.3, -0.25) is 14.6 Å². The molecule has 5 rings (SSSR count). The molecule has 2 unspecified atom stereocenters.